The number of ketones is 1. The van der Waals surface area contributed by atoms with E-state index in [1.54, 1.807) is 17.7 Å². The molecule has 0 saturated heterocycles. The van der Waals surface area contributed by atoms with Gasteiger partial charge in [0, 0.05) is 67.1 Å². The number of hydrogen-bond acceptors (Lipinski definition) is 6. The molecule has 0 unspecified atom stereocenters. The molecule has 0 saturated carbocycles. The number of nitrogens with zero attached hydrogens (tertiary/aromatic N) is 3. The van der Waals surface area contributed by atoms with Crippen LogP contribution < -0.4 is 0 Å². The SMILES string of the molecule is CC(C)Cc1csc2cncc(-c3cc(-c4[c-]c5ccccc5c(C(C)(C)C)c4)ncn3)c12.CCC(CC)C(=O)/C=C(\O)C(CC)CC.[Ir]. The van der Waals surface area contributed by atoms with E-state index < -0.39 is 0 Å². The van der Waals surface area contributed by atoms with Crippen LogP contribution in [0.15, 0.2) is 72.3 Å². The van der Waals surface area contributed by atoms with Crippen molar-refractivity contribution in [2.75, 3.05) is 0 Å². The van der Waals surface area contributed by atoms with Crippen LogP contribution in [0.3, 0.4) is 0 Å². The first kappa shape index (κ1) is 40.2. The number of benzene rings is 2. The second-order valence-electron chi connectivity index (χ2n) is 14.1. The normalized spacial score (nSPS) is 12.0. The number of rotatable bonds is 11. The summed E-state index contributed by atoms with van der Waals surface area (Å²) in [5, 5.41) is 15.7. The van der Waals surface area contributed by atoms with Gasteiger partial charge >= 0.3 is 0 Å². The largest absolute Gasteiger partial charge is 0.512 e. The molecule has 0 bridgehead atoms. The summed E-state index contributed by atoms with van der Waals surface area (Å²) in [7, 11) is 0. The Morgan fingerprint density at radius 2 is 1.59 bits per heavy atom. The number of hydrogen-bond donors (Lipinski definition) is 1. The summed E-state index contributed by atoms with van der Waals surface area (Å²) in [5.41, 5.74) is 6.54. The average Bonchev–Trinajstić information content (AvgIpc) is 3.47. The third kappa shape index (κ3) is 9.93. The molecule has 5 rings (SSSR count). The van der Waals surface area contributed by atoms with Gasteiger partial charge in [-0.1, -0.05) is 91.5 Å². The van der Waals surface area contributed by atoms with Crippen LogP contribution in [0.25, 0.3) is 43.4 Å². The minimum atomic E-state index is 0. The predicted molar refractivity (Wildman–Crippen MR) is 204 cm³/mol. The van der Waals surface area contributed by atoms with Crippen LogP contribution >= 0.6 is 11.3 Å². The molecule has 3 aromatic heterocycles. The van der Waals surface area contributed by atoms with Gasteiger partial charge in [-0.2, -0.15) is 0 Å². The van der Waals surface area contributed by atoms with E-state index in [-0.39, 0.29) is 48.9 Å². The van der Waals surface area contributed by atoms with Crippen molar-refractivity contribution in [3.63, 3.8) is 0 Å². The van der Waals surface area contributed by atoms with E-state index >= 15 is 0 Å². The topological polar surface area (TPSA) is 76.0 Å². The van der Waals surface area contributed by atoms with Crippen molar-refractivity contribution < 1.29 is 30.0 Å². The summed E-state index contributed by atoms with van der Waals surface area (Å²) in [5.74, 6) is 1.14. The number of thiophene rings is 1. The summed E-state index contributed by atoms with van der Waals surface area (Å²) in [6.45, 7) is 19.3. The number of allylic oxidation sites excluding steroid dienone is 2. The van der Waals surface area contributed by atoms with E-state index in [0.717, 1.165) is 60.0 Å². The molecule has 1 N–H and O–H groups in total. The van der Waals surface area contributed by atoms with Crippen LogP contribution in [0.4, 0.5) is 0 Å². The van der Waals surface area contributed by atoms with E-state index in [4.69, 9.17) is 0 Å². The van der Waals surface area contributed by atoms with Gasteiger partial charge in [-0.25, -0.2) is 4.98 Å². The van der Waals surface area contributed by atoms with Gasteiger partial charge < -0.3 is 5.11 Å². The Morgan fingerprint density at radius 3 is 2.22 bits per heavy atom. The van der Waals surface area contributed by atoms with Gasteiger partial charge in [-0.05, 0) is 60.4 Å². The smallest absolute Gasteiger partial charge is 0.162 e. The number of aliphatic hydroxyl groups excluding tert-OH is 1. The molecule has 7 heteroatoms. The third-order valence-electron chi connectivity index (χ3n) is 9.07. The summed E-state index contributed by atoms with van der Waals surface area (Å²) >= 11 is 1.76. The van der Waals surface area contributed by atoms with Crippen LogP contribution in [-0.4, -0.2) is 25.8 Å². The number of carbonyl (C=O) groups is 1. The zero-order chi connectivity index (χ0) is 35.0. The van der Waals surface area contributed by atoms with Crippen molar-refractivity contribution in [1.29, 1.82) is 0 Å². The van der Waals surface area contributed by atoms with Gasteiger partial charge in [0.05, 0.1) is 16.2 Å². The van der Waals surface area contributed by atoms with Crippen molar-refractivity contribution in [2.24, 2.45) is 17.8 Å². The molecule has 0 amide bonds. The molecule has 0 aliphatic heterocycles. The molecule has 1 radical (unpaired) electrons. The molecule has 49 heavy (non-hydrogen) atoms. The molecule has 3 heterocycles. The first-order valence-electron chi connectivity index (χ1n) is 17.5. The number of carbonyl (C=O) groups excluding carboxylic acids is 1. The van der Waals surface area contributed by atoms with Crippen LogP contribution in [0.1, 0.15) is 99.1 Å². The molecule has 0 atom stereocenters. The molecular formula is C42H52IrN3O2S-. The molecule has 2 aromatic carbocycles. The van der Waals surface area contributed by atoms with Gasteiger partial charge in [-0.15, -0.1) is 40.5 Å². The molecule has 263 valence electrons. The quantitative estimate of drug-likeness (QED) is 0.0814. The van der Waals surface area contributed by atoms with Crippen LogP contribution in [-0.2, 0) is 36.7 Å². The number of aromatic nitrogens is 3. The van der Waals surface area contributed by atoms with E-state index in [2.05, 4.69) is 97.4 Å². The van der Waals surface area contributed by atoms with Gasteiger partial charge in [0.15, 0.2) is 5.78 Å². The first-order chi connectivity index (χ1) is 22.9. The maximum atomic E-state index is 11.7. The molecule has 0 aliphatic rings. The Hall–Kier alpha value is -3.25. The average molecular weight is 855 g/mol. The number of aliphatic hydroxyl groups is 1. The van der Waals surface area contributed by atoms with E-state index in [0.29, 0.717) is 5.92 Å². The van der Waals surface area contributed by atoms with Gasteiger partial charge in [0.25, 0.3) is 0 Å². The summed E-state index contributed by atoms with van der Waals surface area (Å²) < 4.78 is 1.20. The zero-order valence-corrected chi connectivity index (χ0v) is 33.8. The van der Waals surface area contributed by atoms with Gasteiger partial charge in [0.2, 0.25) is 0 Å². The number of fused-ring (bicyclic) bond motifs is 2. The van der Waals surface area contributed by atoms with Crippen molar-refractivity contribution in [1.82, 2.24) is 15.0 Å². The van der Waals surface area contributed by atoms with Crippen LogP contribution in [0, 0.1) is 23.8 Å². The van der Waals surface area contributed by atoms with Crippen LogP contribution in [0.2, 0.25) is 0 Å². The molecule has 0 fully saturated rings. The third-order valence-corrected chi connectivity index (χ3v) is 10.0. The predicted octanol–water partition coefficient (Wildman–Crippen LogP) is 11.7. The second kappa shape index (κ2) is 18.1. The fourth-order valence-corrected chi connectivity index (χ4v) is 7.22. The Morgan fingerprint density at radius 1 is 0.939 bits per heavy atom. The molecule has 5 nitrogen and oxygen atoms in total. The monoisotopic (exact) mass is 855 g/mol. The summed E-state index contributed by atoms with van der Waals surface area (Å²) in [6, 6.07) is 16.4. The van der Waals surface area contributed by atoms with Gasteiger partial charge in [0.1, 0.15) is 6.33 Å². The van der Waals surface area contributed by atoms with Crippen molar-refractivity contribution in [2.45, 2.75) is 99.8 Å². The molecule has 5 aromatic rings. The van der Waals surface area contributed by atoms with E-state index in [9.17, 15) is 9.90 Å². The fourth-order valence-electron chi connectivity index (χ4n) is 6.26. The second-order valence-corrected chi connectivity index (χ2v) is 15.0. The van der Waals surface area contributed by atoms with Crippen molar-refractivity contribution in [3.05, 3.63) is 89.5 Å². The minimum absolute atomic E-state index is 0. The Kier molecular flexibility index (Phi) is 14.9. The zero-order valence-electron chi connectivity index (χ0n) is 30.6. The molecule has 0 aliphatic carbocycles. The fraction of sp³-hybridized carbons (Fsp3) is 0.429. The van der Waals surface area contributed by atoms with Crippen LogP contribution in [0.5, 0.6) is 0 Å². The van der Waals surface area contributed by atoms with E-state index in [1.807, 2.05) is 40.1 Å². The summed E-state index contributed by atoms with van der Waals surface area (Å²) in [6.07, 6.45) is 11.5. The Labute approximate surface area is 311 Å². The summed E-state index contributed by atoms with van der Waals surface area (Å²) in [4.78, 5) is 25.5. The standard InChI is InChI=1S/C29H28N3S.C13H24O2.Ir/c1-18(2)10-21-16-33-27-15-30-14-23(28(21)27)26-13-25(31-17-32-26)20-11-19-8-6-7-9-22(19)24(12-20)29(3,4)5;1-5-10(6-2)12(14)9-13(15)11(7-3)8-4;/h6-9,12-18H,10H2,1-5H3;9-11,14H,5-8H2,1-4H3;/q-1;;/b;12-9-;. The van der Waals surface area contributed by atoms with Crippen molar-refractivity contribution >= 4 is 38.0 Å². The Bertz CT molecular complexity index is 1860. The molecule has 0 spiro atoms. The molecular weight excluding hydrogens is 803 g/mol. The minimum Gasteiger partial charge on any atom is -0.512 e. The Balaban J connectivity index is 0.000000347. The van der Waals surface area contributed by atoms with E-state index in [1.165, 1.54) is 32.7 Å². The van der Waals surface area contributed by atoms with Crippen molar-refractivity contribution in [3.8, 4) is 22.5 Å². The maximum absolute atomic E-state index is 11.7. The van der Waals surface area contributed by atoms with Gasteiger partial charge in [-0.3, -0.25) is 14.8 Å². The number of pyridine rings is 1. The first-order valence-corrected chi connectivity index (χ1v) is 18.4. The maximum Gasteiger partial charge on any atom is 0.162 e.